The van der Waals surface area contributed by atoms with Crippen molar-refractivity contribution in [3.05, 3.63) is 86.9 Å². The Balaban J connectivity index is 1.80. The third-order valence-corrected chi connectivity index (χ3v) is 5.61. The van der Waals surface area contributed by atoms with Gasteiger partial charge in [-0.2, -0.15) is 5.10 Å². The Hall–Kier alpha value is -3.19. The molecule has 1 amide bonds. The predicted octanol–water partition coefficient (Wildman–Crippen LogP) is 4.55. The molecule has 0 spiro atoms. The molecular weight excluding hydrogens is 398 g/mol. The van der Waals surface area contributed by atoms with E-state index >= 15 is 0 Å². The van der Waals surface area contributed by atoms with Gasteiger partial charge in [-0.15, -0.1) is 11.3 Å². The van der Waals surface area contributed by atoms with Crippen LogP contribution in [0.15, 0.2) is 69.4 Å². The summed E-state index contributed by atoms with van der Waals surface area (Å²) < 4.78 is 6.90. The van der Waals surface area contributed by atoms with Gasteiger partial charge in [0.05, 0.1) is 24.7 Å². The molecule has 0 saturated heterocycles. The summed E-state index contributed by atoms with van der Waals surface area (Å²) in [5.74, 6) is 0.692. The van der Waals surface area contributed by atoms with Crippen molar-refractivity contribution in [2.75, 3.05) is 0 Å². The van der Waals surface area contributed by atoms with E-state index in [9.17, 15) is 9.59 Å². The van der Waals surface area contributed by atoms with Gasteiger partial charge in [-0.3, -0.25) is 9.59 Å². The number of hydrogen-bond donors (Lipinski definition) is 0. The quantitative estimate of drug-likeness (QED) is 0.439. The summed E-state index contributed by atoms with van der Waals surface area (Å²) in [6.07, 6.45) is 1.60. The fourth-order valence-corrected chi connectivity index (χ4v) is 4.11. The van der Waals surface area contributed by atoms with Gasteiger partial charge < -0.3 is 9.32 Å². The molecule has 4 rings (SSSR count). The minimum Gasteiger partial charge on any atom is -0.467 e. The topological polar surface area (TPSA) is 68.3 Å². The van der Waals surface area contributed by atoms with Crippen LogP contribution in [0.5, 0.6) is 0 Å². The summed E-state index contributed by atoms with van der Waals surface area (Å²) in [5, 5.41) is 7.57. The highest BCUT2D eigenvalue weighted by molar-refractivity contribution is 7.09. The van der Waals surface area contributed by atoms with Gasteiger partial charge in [-0.25, -0.2) is 4.68 Å². The molecule has 0 N–H and O–H groups in total. The molecule has 7 heteroatoms. The standard InChI is InChI=1S/C23H23N3O3S/c1-16(2)13-26-22(27)20-10-4-3-9-19(20)21(24-26)23(28)25(14-17-7-5-11-29-17)15-18-8-6-12-30-18/h3-12,16H,13-15H2,1-2H3. The lowest BCUT2D eigenvalue weighted by atomic mass is 10.1. The van der Waals surface area contributed by atoms with Crippen molar-refractivity contribution in [3.63, 3.8) is 0 Å². The zero-order valence-electron chi connectivity index (χ0n) is 16.9. The number of carbonyl (C=O) groups excluding carboxylic acids is 1. The van der Waals surface area contributed by atoms with Crippen LogP contribution in [0, 0.1) is 5.92 Å². The number of thiophene rings is 1. The fourth-order valence-electron chi connectivity index (χ4n) is 3.39. The first-order valence-electron chi connectivity index (χ1n) is 9.87. The van der Waals surface area contributed by atoms with Crippen LogP contribution >= 0.6 is 11.3 Å². The van der Waals surface area contributed by atoms with E-state index in [-0.39, 0.29) is 23.1 Å². The number of amides is 1. The Bertz CT molecular complexity index is 1160. The van der Waals surface area contributed by atoms with E-state index < -0.39 is 0 Å². The molecule has 0 atom stereocenters. The van der Waals surface area contributed by atoms with Crippen molar-refractivity contribution in [2.45, 2.75) is 33.5 Å². The average molecular weight is 422 g/mol. The molecular formula is C23H23N3O3S. The molecule has 1 aromatic carbocycles. The fraction of sp³-hybridized carbons (Fsp3) is 0.261. The number of furan rings is 1. The van der Waals surface area contributed by atoms with E-state index in [4.69, 9.17) is 4.42 Å². The first-order valence-corrected chi connectivity index (χ1v) is 10.7. The lowest BCUT2D eigenvalue weighted by Gasteiger charge is -2.22. The molecule has 0 saturated carbocycles. The normalized spacial score (nSPS) is 11.3. The lowest BCUT2D eigenvalue weighted by molar-refractivity contribution is 0.0712. The number of aromatic nitrogens is 2. The zero-order chi connectivity index (χ0) is 21.1. The maximum absolute atomic E-state index is 13.7. The molecule has 0 bridgehead atoms. The number of carbonyl (C=O) groups is 1. The lowest BCUT2D eigenvalue weighted by Crippen LogP contribution is -2.34. The van der Waals surface area contributed by atoms with E-state index in [1.54, 1.807) is 40.7 Å². The molecule has 3 aromatic heterocycles. The average Bonchev–Trinajstić information content (AvgIpc) is 3.43. The Morgan fingerprint density at radius 1 is 1.10 bits per heavy atom. The van der Waals surface area contributed by atoms with Crippen LogP contribution in [0.4, 0.5) is 0 Å². The van der Waals surface area contributed by atoms with Crippen LogP contribution in [0.3, 0.4) is 0 Å². The maximum Gasteiger partial charge on any atom is 0.275 e. The molecule has 30 heavy (non-hydrogen) atoms. The van der Waals surface area contributed by atoms with Crippen molar-refractivity contribution in [1.29, 1.82) is 0 Å². The third kappa shape index (κ3) is 4.21. The Morgan fingerprint density at radius 2 is 1.90 bits per heavy atom. The Labute approximate surface area is 178 Å². The van der Waals surface area contributed by atoms with Gasteiger partial charge in [0, 0.05) is 16.8 Å². The first kappa shape index (κ1) is 20.1. The van der Waals surface area contributed by atoms with Crippen LogP contribution in [0.25, 0.3) is 10.8 Å². The molecule has 154 valence electrons. The second kappa shape index (κ2) is 8.67. The number of benzene rings is 1. The summed E-state index contributed by atoms with van der Waals surface area (Å²) in [4.78, 5) is 29.3. The maximum atomic E-state index is 13.7. The van der Waals surface area contributed by atoms with Crippen molar-refractivity contribution >= 4 is 28.0 Å². The molecule has 0 radical (unpaired) electrons. The molecule has 6 nitrogen and oxygen atoms in total. The zero-order valence-corrected chi connectivity index (χ0v) is 17.8. The highest BCUT2D eigenvalue weighted by Gasteiger charge is 2.24. The second-order valence-corrected chi connectivity index (χ2v) is 8.63. The first-order chi connectivity index (χ1) is 14.5. The van der Waals surface area contributed by atoms with Crippen molar-refractivity contribution < 1.29 is 9.21 Å². The highest BCUT2D eigenvalue weighted by atomic mass is 32.1. The van der Waals surface area contributed by atoms with Gasteiger partial charge in [0.25, 0.3) is 11.5 Å². The Kier molecular flexibility index (Phi) is 5.81. The van der Waals surface area contributed by atoms with Crippen LogP contribution in [0.2, 0.25) is 0 Å². The number of rotatable bonds is 7. The van der Waals surface area contributed by atoms with Crippen LogP contribution in [0.1, 0.15) is 35.0 Å². The van der Waals surface area contributed by atoms with Gasteiger partial charge in [-0.1, -0.05) is 38.1 Å². The van der Waals surface area contributed by atoms with E-state index in [1.165, 1.54) is 4.68 Å². The number of hydrogen-bond acceptors (Lipinski definition) is 5. The van der Waals surface area contributed by atoms with Crippen molar-refractivity contribution in [2.24, 2.45) is 5.92 Å². The van der Waals surface area contributed by atoms with E-state index in [1.807, 2.05) is 49.6 Å². The van der Waals surface area contributed by atoms with E-state index in [2.05, 4.69) is 5.10 Å². The summed E-state index contributed by atoms with van der Waals surface area (Å²) in [6, 6.07) is 14.8. The summed E-state index contributed by atoms with van der Waals surface area (Å²) in [7, 11) is 0. The largest absolute Gasteiger partial charge is 0.467 e. The molecule has 0 aliphatic rings. The number of nitrogens with zero attached hydrogens (tertiary/aromatic N) is 3. The smallest absolute Gasteiger partial charge is 0.275 e. The molecule has 0 aliphatic heterocycles. The van der Waals surface area contributed by atoms with Gasteiger partial charge in [-0.05, 0) is 35.6 Å². The monoisotopic (exact) mass is 421 g/mol. The van der Waals surface area contributed by atoms with Gasteiger partial charge in [0.2, 0.25) is 0 Å². The molecule has 4 aromatic rings. The van der Waals surface area contributed by atoms with Gasteiger partial charge in [0.15, 0.2) is 5.69 Å². The van der Waals surface area contributed by atoms with Gasteiger partial charge >= 0.3 is 0 Å². The van der Waals surface area contributed by atoms with E-state index in [0.29, 0.717) is 36.2 Å². The molecule has 0 aliphatic carbocycles. The summed E-state index contributed by atoms with van der Waals surface area (Å²) in [6.45, 7) is 5.25. The number of fused-ring (bicyclic) bond motifs is 1. The summed E-state index contributed by atoms with van der Waals surface area (Å²) >= 11 is 1.59. The van der Waals surface area contributed by atoms with E-state index in [0.717, 1.165) is 4.88 Å². The molecule has 0 unspecified atom stereocenters. The van der Waals surface area contributed by atoms with Crippen molar-refractivity contribution in [3.8, 4) is 0 Å². The van der Waals surface area contributed by atoms with Crippen LogP contribution in [-0.2, 0) is 19.6 Å². The SMILES string of the molecule is CC(C)Cn1nc(C(=O)N(Cc2ccco2)Cc2cccs2)c2ccccc2c1=O. The predicted molar refractivity (Wildman–Crippen MR) is 117 cm³/mol. The molecule has 3 heterocycles. The van der Waals surface area contributed by atoms with Crippen LogP contribution in [-0.4, -0.2) is 20.6 Å². The Morgan fingerprint density at radius 3 is 2.57 bits per heavy atom. The third-order valence-electron chi connectivity index (χ3n) is 4.75. The van der Waals surface area contributed by atoms with Crippen LogP contribution < -0.4 is 5.56 Å². The minimum atomic E-state index is -0.228. The molecule has 0 fully saturated rings. The van der Waals surface area contributed by atoms with Gasteiger partial charge in [0.1, 0.15) is 5.76 Å². The summed E-state index contributed by atoms with van der Waals surface area (Å²) in [5.41, 5.74) is 0.112. The van der Waals surface area contributed by atoms with Crippen molar-refractivity contribution in [1.82, 2.24) is 14.7 Å². The highest BCUT2D eigenvalue weighted by Crippen LogP contribution is 2.20. The second-order valence-electron chi connectivity index (χ2n) is 7.60. The minimum absolute atomic E-state index is 0.174.